The summed E-state index contributed by atoms with van der Waals surface area (Å²) in [6.45, 7) is 0.647. The molecule has 1 N–H and O–H groups in total. The number of carbonyl (C=O) groups excluding carboxylic acids is 1. The van der Waals surface area contributed by atoms with Crippen LogP contribution in [0.15, 0.2) is 59.6 Å². The van der Waals surface area contributed by atoms with E-state index in [9.17, 15) is 13.2 Å². The van der Waals surface area contributed by atoms with Crippen LogP contribution in [-0.4, -0.2) is 36.2 Å². The molecule has 0 bridgehead atoms. The summed E-state index contributed by atoms with van der Waals surface area (Å²) < 4.78 is 26.3. The third-order valence-electron chi connectivity index (χ3n) is 3.79. The topological polar surface area (TPSA) is 79.4 Å². The molecule has 1 aromatic heterocycles. The monoisotopic (exact) mass is 331 g/mol. The van der Waals surface area contributed by atoms with E-state index in [1.54, 1.807) is 36.5 Å². The van der Waals surface area contributed by atoms with Crippen LogP contribution in [-0.2, 0) is 21.4 Å². The van der Waals surface area contributed by atoms with Gasteiger partial charge in [-0.25, -0.2) is 8.42 Å². The van der Waals surface area contributed by atoms with Crippen molar-refractivity contribution < 1.29 is 13.2 Å². The second-order valence-corrected chi connectivity index (χ2v) is 7.16. The highest BCUT2D eigenvalue weighted by Gasteiger charge is 2.42. The van der Waals surface area contributed by atoms with Crippen LogP contribution in [0.2, 0.25) is 0 Å². The number of hydrogen-bond acceptors (Lipinski definition) is 4. The molecular weight excluding hydrogens is 314 g/mol. The number of aromatic nitrogens is 1. The van der Waals surface area contributed by atoms with Crippen LogP contribution in [0.25, 0.3) is 0 Å². The number of pyridine rings is 1. The van der Waals surface area contributed by atoms with Crippen LogP contribution in [0, 0.1) is 0 Å². The zero-order valence-corrected chi connectivity index (χ0v) is 13.2. The van der Waals surface area contributed by atoms with Gasteiger partial charge >= 0.3 is 0 Å². The van der Waals surface area contributed by atoms with Crippen LogP contribution >= 0.6 is 0 Å². The van der Waals surface area contributed by atoms with E-state index in [0.29, 0.717) is 13.0 Å². The van der Waals surface area contributed by atoms with Crippen LogP contribution in [0.1, 0.15) is 12.1 Å². The van der Waals surface area contributed by atoms with E-state index < -0.39 is 16.1 Å². The van der Waals surface area contributed by atoms with Gasteiger partial charge in [0, 0.05) is 12.7 Å². The summed E-state index contributed by atoms with van der Waals surface area (Å²) in [5.74, 6) is -0.290. The first-order valence-electron chi connectivity index (χ1n) is 7.33. The minimum Gasteiger partial charge on any atom is -0.349 e. The second-order valence-electron chi connectivity index (χ2n) is 5.27. The Hall–Kier alpha value is -2.25. The molecule has 1 unspecified atom stereocenters. The minimum absolute atomic E-state index is 0.210. The van der Waals surface area contributed by atoms with Crippen molar-refractivity contribution in [1.29, 1.82) is 0 Å². The summed E-state index contributed by atoms with van der Waals surface area (Å²) in [5, 5.41) is 2.75. The van der Waals surface area contributed by atoms with Gasteiger partial charge in [0.25, 0.3) is 0 Å². The molecule has 0 aliphatic carbocycles. The third kappa shape index (κ3) is 3.25. The lowest BCUT2D eigenvalue weighted by Crippen LogP contribution is -2.57. The van der Waals surface area contributed by atoms with E-state index in [0.717, 1.165) is 5.69 Å². The average molecular weight is 331 g/mol. The van der Waals surface area contributed by atoms with E-state index in [4.69, 9.17) is 0 Å². The van der Waals surface area contributed by atoms with Crippen molar-refractivity contribution in [3.63, 3.8) is 0 Å². The minimum atomic E-state index is -3.62. The molecule has 6 nitrogen and oxygen atoms in total. The van der Waals surface area contributed by atoms with Gasteiger partial charge < -0.3 is 5.32 Å². The fourth-order valence-electron chi connectivity index (χ4n) is 2.44. The number of carbonyl (C=O) groups is 1. The molecule has 0 spiro atoms. The maximum Gasteiger partial charge on any atom is 0.243 e. The lowest BCUT2D eigenvalue weighted by molar-refractivity contribution is -0.127. The number of hydrogen-bond donors (Lipinski definition) is 1. The van der Waals surface area contributed by atoms with E-state index in [1.165, 1.54) is 16.4 Å². The molecule has 1 amide bonds. The van der Waals surface area contributed by atoms with Gasteiger partial charge in [-0.05, 0) is 30.7 Å². The molecule has 1 atom stereocenters. The number of benzene rings is 1. The number of nitrogens with zero attached hydrogens (tertiary/aromatic N) is 2. The van der Waals surface area contributed by atoms with Gasteiger partial charge in [0.15, 0.2) is 0 Å². The Morgan fingerprint density at radius 1 is 1.17 bits per heavy atom. The van der Waals surface area contributed by atoms with Crippen molar-refractivity contribution >= 4 is 15.9 Å². The fraction of sp³-hybridized carbons (Fsp3) is 0.250. The molecule has 1 aromatic carbocycles. The Balaban J connectivity index is 1.66. The predicted octanol–water partition coefficient (Wildman–Crippen LogP) is 1.16. The molecule has 0 saturated carbocycles. The molecule has 2 heterocycles. The lowest BCUT2D eigenvalue weighted by Gasteiger charge is -2.38. The van der Waals surface area contributed by atoms with Gasteiger partial charge in [-0.15, -0.1) is 0 Å². The van der Waals surface area contributed by atoms with Crippen molar-refractivity contribution in [2.45, 2.75) is 23.9 Å². The van der Waals surface area contributed by atoms with Gasteiger partial charge in [0.2, 0.25) is 15.9 Å². The molecule has 120 valence electrons. The highest BCUT2D eigenvalue weighted by atomic mass is 32.2. The zero-order chi connectivity index (χ0) is 16.3. The number of sulfonamides is 1. The largest absolute Gasteiger partial charge is 0.349 e. The van der Waals surface area contributed by atoms with Crippen molar-refractivity contribution in [2.75, 3.05) is 6.54 Å². The first-order valence-corrected chi connectivity index (χ1v) is 8.77. The highest BCUT2D eigenvalue weighted by molar-refractivity contribution is 7.89. The molecule has 1 fully saturated rings. The third-order valence-corrected chi connectivity index (χ3v) is 5.72. The average Bonchev–Trinajstić information content (AvgIpc) is 2.53. The van der Waals surface area contributed by atoms with Gasteiger partial charge in [0.05, 0.1) is 17.1 Å². The summed E-state index contributed by atoms with van der Waals surface area (Å²) >= 11 is 0. The van der Waals surface area contributed by atoms with E-state index in [-0.39, 0.29) is 17.3 Å². The standard InChI is InChI=1S/C16H17N3O3S/c20-16(18-12-13-6-4-5-10-17-13)15-9-11-19(15)23(21,22)14-7-2-1-3-8-14/h1-8,10,15H,9,11-12H2,(H,18,20). The molecule has 0 radical (unpaired) electrons. The summed E-state index contributed by atoms with van der Waals surface area (Å²) in [6.07, 6.45) is 2.18. The molecule has 7 heteroatoms. The summed E-state index contributed by atoms with van der Waals surface area (Å²) in [4.78, 5) is 16.6. The Bertz CT molecular complexity index is 779. The maximum absolute atomic E-state index is 12.5. The van der Waals surface area contributed by atoms with Crippen molar-refractivity contribution in [1.82, 2.24) is 14.6 Å². The molecular formula is C16H17N3O3S. The Kier molecular flexibility index (Phi) is 4.40. The molecule has 1 saturated heterocycles. The van der Waals surface area contributed by atoms with Gasteiger partial charge in [0.1, 0.15) is 6.04 Å². The molecule has 1 aliphatic heterocycles. The SMILES string of the molecule is O=C(NCc1ccccn1)C1CCN1S(=O)(=O)c1ccccc1. The van der Waals surface area contributed by atoms with Crippen LogP contribution in [0.4, 0.5) is 0 Å². The van der Waals surface area contributed by atoms with Gasteiger partial charge in [-0.1, -0.05) is 24.3 Å². The van der Waals surface area contributed by atoms with Crippen LogP contribution in [0.3, 0.4) is 0 Å². The summed E-state index contributed by atoms with van der Waals surface area (Å²) in [6, 6.07) is 13.0. The van der Waals surface area contributed by atoms with Crippen molar-refractivity contribution in [3.05, 3.63) is 60.4 Å². The highest BCUT2D eigenvalue weighted by Crippen LogP contribution is 2.26. The Morgan fingerprint density at radius 3 is 2.52 bits per heavy atom. The first kappa shape index (κ1) is 15.6. The summed E-state index contributed by atoms with van der Waals surface area (Å²) in [7, 11) is -3.62. The molecule has 3 rings (SSSR count). The smallest absolute Gasteiger partial charge is 0.243 e. The maximum atomic E-state index is 12.5. The Morgan fingerprint density at radius 2 is 1.91 bits per heavy atom. The molecule has 1 aliphatic rings. The van der Waals surface area contributed by atoms with E-state index in [1.807, 2.05) is 6.07 Å². The number of nitrogens with one attached hydrogen (secondary N) is 1. The van der Waals surface area contributed by atoms with Crippen LogP contribution in [0.5, 0.6) is 0 Å². The number of amides is 1. The van der Waals surface area contributed by atoms with E-state index >= 15 is 0 Å². The normalized spacial score (nSPS) is 18.2. The molecule has 23 heavy (non-hydrogen) atoms. The fourth-order valence-corrected chi connectivity index (χ4v) is 4.09. The first-order chi connectivity index (χ1) is 11.1. The van der Waals surface area contributed by atoms with Crippen molar-refractivity contribution in [3.8, 4) is 0 Å². The van der Waals surface area contributed by atoms with Crippen molar-refractivity contribution in [2.24, 2.45) is 0 Å². The number of rotatable bonds is 5. The lowest BCUT2D eigenvalue weighted by atomic mass is 10.1. The van der Waals surface area contributed by atoms with Crippen LogP contribution < -0.4 is 5.32 Å². The Labute approximate surface area is 135 Å². The van der Waals surface area contributed by atoms with E-state index in [2.05, 4.69) is 10.3 Å². The van der Waals surface area contributed by atoms with Gasteiger partial charge in [-0.3, -0.25) is 9.78 Å². The molecule has 2 aromatic rings. The predicted molar refractivity (Wildman–Crippen MR) is 84.8 cm³/mol. The second kappa shape index (κ2) is 6.47. The quantitative estimate of drug-likeness (QED) is 0.892. The zero-order valence-electron chi connectivity index (χ0n) is 12.4. The summed E-state index contributed by atoms with van der Waals surface area (Å²) in [5.41, 5.74) is 0.734. The van der Waals surface area contributed by atoms with Gasteiger partial charge in [-0.2, -0.15) is 4.31 Å².